The maximum Gasteiger partial charge on any atom is 0.375 e. The van der Waals surface area contributed by atoms with Gasteiger partial charge in [-0.15, -0.1) is 0 Å². The summed E-state index contributed by atoms with van der Waals surface area (Å²) in [5, 5.41) is 2.15. The van der Waals surface area contributed by atoms with Crippen molar-refractivity contribution in [3.05, 3.63) is 27.2 Å². The van der Waals surface area contributed by atoms with E-state index in [0.717, 1.165) is 20.3 Å². The summed E-state index contributed by atoms with van der Waals surface area (Å²) < 4.78 is 8.43. The molecule has 0 aromatic heterocycles. The van der Waals surface area contributed by atoms with Crippen molar-refractivity contribution >= 4 is 69.9 Å². The van der Waals surface area contributed by atoms with E-state index in [2.05, 4.69) is 14.8 Å². The molecule has 0 aliphatic carbocycles. The molecule has 0 saturated carbocycles. The zero-order valence-corrected chi connectivity index (χ0v) is 15.0. The minimum Gasteiger partial charge on any atom is -0.468 e. The van der Waals surface area contributed by atoms with Gasteiger partial charge in [-0.2, -0.15) is 0 Å². The van der Waals surface area contributed by atoms with Gasteiger partial charge < -0.3 is 14.8 Å². The molecule has 0 aliphatic rings. The van der Waals surface area contributed by atoms with Crippen LogP contribution in [0.25, 0.3) is 0 Å². The van der Waals surface area contributed by atoms with Gasteiger partial charge in [0.2, 0.25) is 5.78 Å². The molecule has 0 heterocycles. The summed E-state index contributed by atoms with van der Waals surface area (Å²) in [5.41, 5.74) is -0.0939. The summed E-state index contributed by atoms with van der Waals surface area (Å²) in [6.45, 7) is 0. The standard InChI is InChI=1S/C14H10Cl3NO7/c1-24-13(22)9(11(20)14(23)25-2)10(19)12(21)18-8-4-6(16)5(15)3-7(8)17/h3-4,9H,1-2H3,(H,18,21)/t9-/m1/s1. The predicted molar refractivity (Wildman–Crippen MR) is 87.6 cm³/mol. The number of esters is 2. The SMILES string of the molecule is COC(=O)C(=O)[C@H](C(=O)OC)C(=O)C(=O)Nc1cc(Cl)c(Cl)cc1Cl. The molecule has 1 N–H and O–H groups in total. The molecule has 0 bridgehead atoms. The van der Waals surface area contributed by atoms with Crippen LogP contribution in [0.3, 0.4) is 0 Å². The number of amides is 1. The summed E-state index contributed by atoms with van der Waals surface area (Å²) in [5.74, 6) is -9.66. The van der Waals surface area contributed by atoms with Gasteiger partial charge in [0.05, 0.1) is 35.0 Å². The number of carbonyl (C=O) groups excluding carboxylic acids is 5. The van der Waals surface area contributed by atoms with Gasteiger partial charge in [0.15, 0.2) is 5.92 Å². The van der Waals surface area contributed by atoms with Crippen molar-refractivity contribution in [3.63, 3.8) is 0 Å². The third kappa shape index (κ3) is 4.91. The maximum absolute atomic E-state index is 12.1. The zero-order valence-electron chi connectivity index (χ0n) is 12.7. The number of ketones is 2. The average Bonchev–Trinajstić information content (AvgIpc) is 2.58. The molecular formula is C14H10Cl3NO7. The second-order valence-corrected chi connectivity index (χ2v) is 5.60. The topological polar surface area (TPSA) is 116 Å². The highest BCUT2D eigenvalue weighted by atomic mass is 35.5. The van der Waals surface area contributed by atoms with Gasteiger partial charge in [-0.3, -0.25) is 19.2 Å². The lowest BCUT2D eigenvalue weighted by molar-refractivity contribution is -0.163. The molecule has 0 radical (unpaired) electrons. The Morgan fingerprint density at radius 3 is 1.96 bits per heavy atom. The number of rotatable bonds is 6. The fraction of sp³-hybridized carbons (Fsp3) is 0.214. The van der Waals surface area contributed by atoms with Gasteiger partial charge in [0.25, 0.3) is 11.7 Å². The lowest BCUT2D eigenvalue weighted by Crippen LogP contribution is -2.42. The average molecular weight is 411 g/mol. The Balaban J connectivity index is 3.11. The number of hydrogen-bond acceptors (Lipinski definition) is 7. The fourth-order valence-electron chi connectivity index (χ4n) is 1.60. The number of halogens is 3. The Kier molecular flexibility index (Phi) is 7.35. The van der Waals surface area contributed by atoms with Gasteiger partial charge in [-0.1, -0.05) is 34.8 Å². The minimum atomic E-state index is -2.31. The summed E-state index contributed by atoms with van der Waals surface area (Å²) in [6.07, 6.45) is 0. The van der Waals surface area contributed by atoms with Crippen molar-refractivity contribution in [2.75, 3.05) is 19.5 Å². The monoisotopic (exact) mass is 409 g/mol. The van der Waals surface area contributed by atoms with Crippen LogP contribution in [0.4, 0.5) is 5.69 Å². The Bertz CT molecular complexity index is 763. The molecule has 11 heteroatoms. The number of Topliss-reactive ketones (excluding diaryl/α,β-unsaturated/α-hetero) is 2. The normalized spacial score (nSPS) is 11.2. The largest absolute Gasteiger partial charge is 0.468 e. The van der Waals surface area contributed by atoms with E-state index < -0.39 is 35.3 Å². The first kappa shape index (κ1) is 20.9. The highest BCUT2D eigenvalue weighted by molar-refractivity contribution is 6.55. The van der Waals surface area contributed by atoms with Gasteiger partial charge in [0, 0.05) is 0 Å². The lowest BCUT2D eigenvalue weighted by atomic mass is 9.98. The number of methoxy groups -OCH3 is 2. The van der Waals surface area contributed by atoms with Gasteiger partial charge >= 0.3 is 11.9 Å². The third-order valence-corrected chi connectivity index (χ3v) is 3.86. The van der Waals surface area contributed by atoms with Crippen molar-refractivity contribution in [2.24, 2.45) is 5.92 Å². The first-order valence-electron chi connectivity index (χ1n) is 6.33. The molecule has 25 heavy (non-hydrogen) atoms. The highest BCUT2D eigenvalue weighted by Crippen LogP contribution is 2.32. The quantitative estimate of drug-likeness (QED) is 0.328. The maximum atomic E-state index is 12.1. The van der Waals surface area contributed by atoms with Crippen LogP contribution in [0.1, 0.15) is 0 Å². The number of nitrogens with one attached hydrogen (secondary N) is 1. The zero-order chi connectivity index (χ0) is 19.3. The fourth-order valence-corrected chi connectivity index (χ4v) is 2.20. The van der Waals surface area contributed by atoms with E-state index in [0.29, 0.717) is 0 Å². The molecule has 134 valence electrons. The molecule has 8 nitrogen and oxygen atoms in total. The summed E-state index contributed by atoms with van der Waals surface area (Å²) in [7, 11) is 1.75. The van der Waals surface area contributed by atoms with E-state index in [4.69, 9.17) is 34.8 Å². The Labute approximate surface area is 156 Å². The third-order valence-electron chi connectivity index (χ3n) is 2.83. The molecule has 0 saturated heterocycles. The summed E-state index contributed by atoms with van der Waals surface area (Å²) in [4.78, 5) is 58.9. The van der Waals surface area contributed by atoms with Crippen LogP contribution in [0, 0.1) is 5.92 Å². The van der Waals surface area contributed by atoms with E-state index in [1.54, 1.807) is 0 Å². The van der Waals surface area contributed by atoms with Crippen LogP contribution >= 0.6 is 34.8 Å². The molecule has 1 amide bonds. The molecule has 0 spiro atoms. The summed E-state index contributed by atoms with van der Waals surface area (Å²) in [6, 6.07) is 2.37. The van der Waals surface area contributed by atoms with Crippen molar-refractivity contribution < 1.29 is 33.4 Å². The number of hydrogen-bond donors (Lipinski definition) is 1. The van der Waals surface area contributed by atoms with E-state index in [-0.39, 0.29) is 20.8 Å². The second-order valence-electron chi connectivity index (χ2n) is 4.38. The van der Waals surface area contributed by atoms with Crippen molar-refractivity contribution in [3.8, 4) is 0 Å². The predicted octanol–water partition coefficient (Wildman–Crippen LogP) is 1.69. The molecule has 0 unspecified atom stereocenters. The lowest BCUT2D eigenvalue weighted by Gasteiger charge is -2.12. The number of benzene rings is 1. The molecule has 1 atom stereocenters. The molecule has 1 rings (SSSR count). The molecular weight excluding hydrogens is 401 g/mol. The van der Waals surface area contributed by atoms with Crippen molar-refractivity contribution in [1.29, 1.82) is 0 Å². The molecule has 1 aromatic rings. The molecule has 0 aliphatic heterocycles. The van der Waals surface area contributed by atoms with Gasteiger partial charge in [0.1, 0.15) is 0 Å². The summed E-state index contributed by atoms with van der Waals surface area (Å²) >= 11 is 17.4. The van der Waals surface area contributed by atoms with Crippen LogP contribution in [0.2, 0.25) is 15.1 Å². The first-order valence-corrected chi connectivity index (χ1v) is 7.47. The Hall–Kier alpha value is -2.16. The Morgan fingerprint density at radius 1 is 0.880 bits per heavy atom. The van der Waals surface area contributed by atoms with E-state index in [1.165, 1.54) is 6.07 Å². The van der Waals surface area contributed by atoms with E-state index >= 15 is 0 Å². The van der Waals surface area contributed by atoms with Crippen LogP contribution in [-0.4, -0.2) is 43.6 Å². The van der Waals surface area contributed by atoms with Crippen LogP contribution in [0.15, 0.2) is 12.1 Å². The highest BCUT2D eigenvalue weighted by Gasteiger charge is 2.42. The van der Waals surface area contributed by atoms with Crippen LogP contribution in [0.5, 0.6) is 0 Å². The number of ether oxygens (including phenoxy) is 2. The van der Waals surface area contributed by atoms with E-state index in [9.17, 15) is 24.0 Å². The Morgan fingerprint density at radius 2 is 1.44 bits per heavy atom. The molecule has 0 fully saturated rings. The van der Waals surface area contributed by atoms with Crippen LogP contribution in [-0.2, 0) is 33.4 Å². The van der Waals surface area contributed by atoms with Gasteiger partial charge in [-0.05, 0) is 12.1 Å². The van der Waals surface area contributed by atoms with Gasteiger partial charge in [-0.25, -0.2) is 4.79 Å². The van der Waals surface area contributed by atoms with E-state index in [1.807, 2.05) is 0 Å². The first-order chi connectivity index (χ1) is 11.6. The van der Waals surface area contributed by atoms with Crippen molar-refractivity contribution in [1.82, 2.24) is 0 Å². The number of carbonyl (C=O) groups is 5. The van der Waals surface area contributed by atoms with Crippen molar-refractivity contribution in [2.45, 2.75) is 0 Å². The van der Waals surface area contributed by atoms with Crippen LogP contribution < -0.4 is 5.32 Å². The number of anilines is 1. The molecule has 1 aromatic carbocycles. The smallest absolute Gasteiger partial charge is 0.375 e. The minimum absolute atomic E-state index is 0.0315. The second kappa shape index (κ2) is 8.80.